The van der Waals surface area contributed by atoms with Crippen molar-refractivity contribution in [3.63, 3.8) is 0 Å². The first-order valence-corrected chi connectivity index (χ1v) is 6.46. The number of urea groups is 1. The van der Waals surface area contributed by atoms with Crippen LogP contribution in [0.3, 0.4) is 0 Å². The maximum Gasteiger partial charge on any atom is 0.329 e. The smallest absolute Gasteiger partial charge is 0.329 e. The van der Waals surface area contributed by atoms with Crippen molar-refractivity contribution in [1.29, 1.82) is 0 Å². The summed E-state index contributed by atoms with van der Waals surface area (Å²) in [7, 11) is 1.45. The Hall–Kier alpha value is -2.63. The third kappa shape index (κ3) is 2.79. The number of rotatable bonds is 3. The van der Waals surface area contributed by atoms with Crippen molar-refractivity contribution in [3.8, 4) is 0 Å². The average molecular weight is 287 g/mol. The Kier molecular flexibility index (Phi) is 3.80. The third-order valence-electron chi connectivity index (χ3n) is 3.54. The molecule has 0 bridgehead atoms. The second-order valence-electron chi connectivity index (χ2n) is 5.23. The molecule has 1 aromatic carbocycles. The Bertz CT molecular complexity index is 692. The highest BCUT2D eigenvalue weighted by molar-refractivity contribution is 6.00. The maximum absolute atomic E-state index is 12.2. The molecule has 0 aliphatic heterocycles. The van der Waals surface area contributed by atoms with Crippen LogP contribution in [0.25, 0.3) is 10.9 Å². The van der Waals surface area contributed by atoms with Gasteiger partial charge < -0.3 is 15.3 Å². The van der Waals surface area contributed by atoms with E-state index < -0.39 is 17.5 Å². The lowest BCUT2D eigenvalue weighted by atomic mass is 10.0. The van der Waals surface area contributed by atoms with E-state index in [9.17, 15) is 9.59 Å². The van der Waals surface area contributed by atoms with Gasteiger partial charge in [-0.2, -0.15) is 0 Å². The second-order valence-corrected chi connectivity index (χ2v) is 5.23. The summed E-state index contributed by atoms with van der Waals surface area (Å²) in [4.78, 5) is 28.8. The molecule has 0 aliphatic carbocycles. The summed E-state index contributed by atoms with van der Waals surface area (Å²) in [6, 6.07) is 8.64. The highest BCUT2D eigenvalue weighted by Gasteiger charge is 2.35. The number of fused-ring (bicyclic) bond motifs is 1. The van der Waals surface area contributed by atoms with Gasteiger partial charge in [0.05, 0.1) is 11.2 Å². The van der Waals surface area contributed by atoms with Crippen LogP contribution in [0.1, 0.15) is 13.8 Å². The predicted molar refractivity (Wildman–Crippen MR) is 80.2 cm³/mol. The van der Waals surface area contributed by atoms with E-state index in [2.05, 4.69) is 10.3 Å². The zero-order valence-corrected chi connectivity index (χ0v) is 12.1. The highest BCUT2D eigenvalue weighted by Crippen LogP contribution is 2.22. The minimum absolute atomic E-state index is 0.499. The molecule has 0 spiro atoms. The molecule has 21 heavy (non-hydrogen) atoms. The summed E-state index contributed by atoms with van der Waals surface area (Å²) >= 11 is 0. The quantitative estimate of drug-likeness (QED) is 0.909. The number of nitrogens with zero attached hydrogens (tertiary/aromatic N) is 2. The van der Waals surface area contributed by atoms with Gasteiger partial charge in [0, 0.05) is 18.6 Å². The summed E-state index contributed by atoms with van der Waals surface area (Å²) < 4.78 is 0. The Morgan fingerprint density at radius 3 is 2.57 bits per heavy atom. The van der Waals surface area contributed by atoms with Crippen LogP contribution in [0, 0.1) is 0 Å². The number of aromatic nitrogens is 1. The van der Waals surface area contributed by atoms with Crippen LogP contribution in [0.5, 0.6) is 0 Å². The monoisotopic (exact) mass is 287 g/mol. The number of aliphatic carboxylic acids is 1. The van der Waals surface area contributed by atoms with E-state index in [0.717, 1.165) is 10.3 Å². The van der Waals surface area contributed by atoms with Gasteiger partial charge in [0.25, 0.3) is 0 Å². The van der Waals surface area contributed by atoms with E-state index >= 15 is 0 Å². The number of para-hydroxylation sites is 1. The number of carboxylic acids is 1. The van der Waals surface area contributed by atoms with Crippen molar-refractivity contribution < 1.29 is 14.7 Å². The number of carbonyl (C=O) groups is 2. The Morgan fingerprint density at radius 1 is 1.24 bits per heavy atom. The Balaban J connectivity index is 2.28. The zero-order valence-electron chi connectivity index (χ0n) is 12.1. The molecule has 2 N–H and O–H groups in total. The molecule has 1 heterocycles. The summed E-state index contributed by atoms with van der Waals surface area (Å²) in [5.74, 6) is -1.07. The van der Waals surface area contributed by atoms with Crippen LogP contribution in [-0.2, 0) is 4.79 Å². The van der Waals surface area contributed by atoms with Gasteiger partial charge in [0.2, 0.25) is 0 Å². The number of carbonyl (C=O) groups excluding carboxylic acids is 1. The predicted octanol–water partition coefficient (Wildman–Crippen LogP) is 2.56. The van der Waals surface area contributed by atoms with Crippen molar-refractivity contribution in [2.75, 3.05) is 12.4 Å². The molecule has 0 unspecified atom stereocenters. The minimum Gasteiger partial charge on any atom is -0.480 e. The number of likely N-dealkylation sites (N-methyl/N-ethyl adjacent to an activating group) is 1. The molecule has 6 nitrogen and oxygen atoms in total. The van der Waals surface area contributed by atoms with Gasteiger partial charge in [-0.25, -0.2) is 9.59 Å². The lowest BCUT2D eigenvalue weighted by Crippen LogP contribution is -2.52. The summed E-state index contributed by atoms with van der Waals surface area (Å²) in [6.07, 6.45) is 1.64. The fourth-order valence-electron chi connectivity index (χ4n) is 1.80. The van der Waals surface area contributed by atoms with Gasteiger partial charge in [-0.1, -0.05) is 18.2 Å². The van der Waals surface area contributed by atoms with Crippen LogP contribution in [0.15, 0.2) is 36.5 Å². The lowest BCUT2D eigenvalue weighted by Gasteiger charge is -2.31. The highest BCUT2D eigenvalue weighted by atomic mass is 16.4. The van der Waals surface area contributed by atoms with Crippen LogP contribution < -0.4 is 5.32 Å². The van der Waals surface area contributed by atoms with E-state index in [0.29, 0.717) is 11.2 Å². The van der Waals surface area contributed by atoms with Crippen LogP contribution in [0.2, 0.25) is 0 Å². The van der Waals surface area contributed by atoms with Crippen LogP contribution in [0.4, 0.5) is 10.5 Å². The first-order chi connectivity index (χ1) is 9.84. The Labute approximate surface area is 122 Å². The van der Waals surface area contributed by atoms with Crippen molar-refractivity contribution in [1.82, 2.24) is 9.88 Å². The molecule has 0 aliphatic rings. The lowest BCUT2D eigenvalue weighted by molar-refractivity contribution is -0.146. The van der Waals surface area contributed by atoms with E-state index in [1.54, 1.807) is 12.3 Å². The SMILES string of the molecule is CN(C(=O)Nc1cccc2cccnc12)C(C)(C)C(=O)O. The molecule has 0 atom stereocenters. The molecule has 0 saturated carbocycles. The van der Waals surface area contributed by atoms with Crippen molar-refractivity contribution in [2.45, 2.75) is 19.4 Å². The normalized spacial score (nSPS) is 11.2. The van der Waals surface area contributed by atoms with Gasteiger partial charge in [-0.15, -0.1) is 0 Å². The fraction of sp³-hybridized carbons (Fsp3) is 0.267. The molecule has 110 valence electrons. The fourth-order valence-corrected chi connectivity index (χ4v) is 1.80. The van der Waals surface area contributed by atoms with Gasteiger partial charge in [-0.05, 0) is 26.0 Å². The van der Waals surface area contributed by atoms with Crippen LogP contribution >= 0.6 is 0 Å². The van der Waals surface area contributed by atoms with Gasteiger partial charge in [-0.3, -0.25) is 4.98 Å². The topological polar surface area (TPSA) is 82.5 Å². The van der Waals surface area contributed by atoms with Crippen LogP contribution in [-0.4, -0.2) is 39.6 Å². The molecule has 1 aromatic heterocycles. The number of hydrogen-bond acceptors (Lipinski definition) is 3. The summed E-state index contributed by atoms with van der Waals surface area (Å²) in [5.41, 5.74) is -0.0942. The summed E-state index contributed by atoms with van der Waals surface area (Å²) in [5, 5.41) is 12.8. The standard InChI is InChI=1S/C15H17N3O3/c1-15(2,13(19)20)18(3)14(21)17-11-8-4-6-10-7-5-9-16-12(10)11/h4-9H,1-3H3,(H,17,21)(H,19,20). The molecule has 0 radical (unpaired) electrons. The molecular formula is C15H17N3O3. The molecule has 2 amide bonds. The van der Waals surface area contributed by atoms with Gasteiger partial charge in [0.1, 0.15) is 5.54 Å². The number of pyridine rings is 1. The molecular weight excluding hydrogens is 270 g/mol. The second kappa shape index (κ2) is 5.40. The van der Waals surface area contributed by atoms with Crippen molar-refractivity contribution in [3.05, 3.63) is 36.5 Å². The Morgan fingerprint density at radius 2 is 1.90 bits per heavy atom. The number of benzene rings is 1. The molecule has 2 rings (SSSR count). The van der Waals surface area contributed by atoms with Gasteiger partial charge in [0.15, 0.2) is 0 Å². The number of nitrogens with one attached hydrogen (secondary N) is 1. The van der Waals surface area contributed by atoms with Gasteiger partial charge >= 0.3 is 12.0 Å². The first kappa shape index (κ1) is 14.8. The maximum atomic E-state index is 12.2. The number of hydrogen-bond donors (Lipinski definition) is 2. The van der Waals surface area contributed by atoms with E-state index in [-0.39, 0.29) is 0 Å². The minimum atomic E-state index is -1.30. The van der Waals surface area contributed by atoms with E-state index in [4.69, 9.17) is 5.11 Å². The van der Waals surface area contributed by atoms with Crippen molar-refractivity contribution >= 4 is 28.6 Å². The number of carboxylic acid groups (broad SMARTS) is 1. The molecule has 0 saturated heterocycles. The number of anilines is 1. The zero-order chi connectivity index (χ0) is 15.6. The van der Waals surface area contributed by atoms with Crippen molar-refractivity contribution in [2.24, 2.45) is 0 Å². The largest absolute Gasteiger partial charge is 0.480 e. The van der Waals surface area contributed by atoms with E-state index in [1.165, 1.54) is 20.9 Å². The average Bonchev–Trinajstić information content (AvgIpc) is 2.46. The summed E-state index contributed by atoms with van der Waals surface area (Å²) in [6.45, 7) is 2.94. The third-order valence-corrected chi connectivity index (χ3v) is 3.54. The number of amides is 2. The first-order valence-electron chi connectivity index (χ1n) is 6.46. The molecule has 0 fully saturated rings. The molecule has 6 heteroatoms. The van der Waals surface area contributed by atoms with E-state index in [1.807, 2.05) is 24.3 Å². The molecule has 2 aromatic rings.